The molecular weight excluding hydrogens is 434 g/mol. The second kappa shape index (κ2) is 9.06. The zero-order valence-corrected chi connectivity index (χ0v) is 18.1. The van der Waals surface area contributed by atoms with E-state index in [0.29, 0.717) is 36.6 Å². The summed E-state index contributed by atoms with van der Waals surface area (Å²) in [6.45, 7) is 1.38. The summed E-state index contributed by atoms with van der Waals surface area (Å²) in [4.78, 5) is 41.7. The normalized spacial score (nSPS) is 15.4. The summed E-state index contributed by atoms with van der Waals surface area (Å²) in [5.41, 5.74) is 1.08. The summed E-state index contributed by atoms with van der Waals surface area (Å²) in [5, 5.41) is 0. The first-order valence-corrected chi connectivity index (χ1v) is 11.7. The highest BCUT2D eigenvalue weighted by molar-refractivity contribution is 7.92. The largest absolute Gasteiger partial charge is 0.465 e. The first-order valence-electron chi connectivity index (χ1n) is 9.01. The number of fused-ring (bicyclic) bond motifs is 1. The van der Waals surface area contributed by atoms with E-state index in [0.717, 1.165) is 16.9 Å². The molecule has 3 rings (SSSR count). The van der Waals surface area contributed by atoms with Crippen molar-refractivity contribution in [2.24, 2.45) is 12.0 Å². The lowest BCUT2D eigenvalue weighted by molar-refractivity contribution is -0.132. The minimum Gasteiger partial charge on any atom is -0.465 e. The minimum absolute atomic E-state index is 0.284. The van der Waals surface area contributed by atoms with Crippen molar-refractivity contribution in [1.29, 1.82) is 0 Å². The van der Waals surface area contributed by atoms with Gasteiger partial charge in [-0.05, 0) is 18.2 Å². The molecule has 0 bridgehead atoms. The van der Waals surface area contributed by atoms with E-state index in [1.54, 1.807) is 29.8 Å². The van der Waals surface area contributed by atoms with Gasteiger partial charge in [-0.25, -0.2) is 13.2 Å². The predicted molar refractivity (Wildman–Crippen MR) is 109 cm³/mol. The van der Waals surface area contributed by atoms with Crippen LogP contribution in [0, 0.1) is 0 Å². The van der Waals surface area contributed by atoms with E-state index in [1.807, 2.05) is 0 Å². The van der Waals surface area contributed by atoms with Gasteiger partial charge >= 0.3 is 5.97 Å². The van der Waals surface area contributed by atoms with Crippen LogP contribution in [0.5, 0.6) is 0 Å². The molecule has 30 heavy (non-hydrogen) atoms. The number of hydrogen-bond acceptors (Lipinski definition) is 8. The van der Waals surface area contributed by atoms with Crippen LogP contribution in [0.3, 0.4) is 0 Å². The number of carbonyl (C=O) groups is 3. The summed E-state index contributed by atoms with van der Waals surface area (Å²) < 4.78 is 36.7. The first kappa shape index (κ1) is 22.1. The maximum atomic E-state index is 12.3. The Morgan fingerprint density at radius 1 is 1.20 bits per heavy atom. The monoisotopic (exact) mass is 455 g/mol. The van der Waals surface area contributed by atoms with Gasteiger partial charge in [-0.15, -0.1) is 0 Å². The quantitative estimate of drug-likeness (QED) is 0.568. The lowest BCUT2D eigenvalue weighted by atomic mass is 10.2. The van der Waals surface area contributed by atoms with E-state index in [-0.39, 0.29) is 4.80 Å². The third-order valence-corrected chi connectivity index (χ3v) is 6.97. The molecule has 0 radical (unpaired) electrons. The molecule has 1 aliphatic heterocycles. The number of esters is 1. The second-order valence-corrected chi connectivity index (χ2v) is 9.72. The summed E-state index contributed by atoms with van der Waals surface area (Å²) >= 11 is 1.14. The molecule has 10 nitrogen and oxygen atoms in total. The fourth-order valence-corrected chi connectivity index (χ4v) is 5.13. The Kier molecular flexibility index (Phi) is 6.68. The molecule has 12 heteroatoms. The summed E-state index contributed by atoms with van der Waals surface area (Å²) in [7, 11) is -0.993. The molecule has 1 aromatic heterocycles. The SMILES string of the molecule is COC(=O)c1ccc2c(c1)sc(=NC(=O)CS(=O)(=O)CC(=O)N1CCOCC1)n2C. The van der Waals surface area contributed by atoms with Gasteiger partial charge in [0.05, 0.1) is 36.1 Å². The second-order valence-electron chi connectivity index (χ2n) is 6.65. The van der Waals surface area contributed by atoms with Crippen molar-refractivity contribution in [2.45, 2.75) is 0 Å². The Hall–Kier alpha value is -2.57. The molecule has 0 unspecified atom stereocenters. The summed E-state index contributed by atoms with van der Waals surface area (Å²) in [6.07, 6.45) is 0. The Bertz CT molecular complexity index is 1160. The highest BCUT2D eigenvalue weighted by Gasteiger charge is 2.25. The Balaban J connectivity index is 1.76. The van der Waals surface area contributed by atoms with Crippen LogP contribution < -0.4 is 4.80 Å². The van der Waals surface area contributed by atoms with Gasteiger partial charge in [-0.3, -0.25) is 9.59 Å². The van der Waals surface area contributed by atoms with Gasteiger partial charge in [0.2, 0.25) is 5.91 Å². The summed E-state index contributed by atoms with van der Waals surface area (Å²) in [5.74, 6) is -3.49. The molecule has 2 aromatic rings. The van der Waals surface area contributed by atoms with E-state index in [2.05, 4.69) is 4.99 Å². The molecule has 0 aliphatic carbocycles. The van der Waals surface area contributed by atoms with E-state index in [4.69, 9.17) is 9.47 Å². The molecule has 1 aromatic carbocycles. The lowest BCUT2D eigenvalue weighted by Gasteiger charge is -2.26. The standard InChI is InChI=1S/C18H21N3O7S2/c1-20-13-4-3-12(17(24)27-2)9-14(13)29-18(20)19-15(22)10-30(25,26)11-16(23)21-5-7-28-8-6-21/h3-4,9H,5-8,10-11H2,1-2H3. The third kappa shape index (κ3) is 5.12. The van der Waals surface area contributed by atoms with Crippen molar-refractivity contribution in [3.8, 4) is 0 Å². The Morgan fingerprint density at radius 2 is 1.90 bits per heavy atom. The fraction of sp³-hybridized carbons (Fsp3) is 0.444. The molecule has 2 heterocycles. The number of sulfone groups is 1. The van der Waals surface area contributed by atoms with Crippen LogP contribution in [-0.4, -0.2) is 80.6 Å². The number of benzene rings is 1. The number of morpholine rings is 1. The first-order chi connectivity index (χ1) is 14.2. The van der Waals surface area contributed by atoms with Crippen molar-refractivity contribution in [3.63, 3.8) is 0 Å². The highest BCUT2D eigenvalue weighted by atomic mass is 32.2. The number of aryl methyl sites for hydroxylation is 1. The van der Waals surface area contributed by atoms with E-state index >= 15 is 0 Å². The smallest absolute Gasteiger partial charge is 0.337 e. The van der Waals surface area contributed by atoms with Crippen LogP contribution in [0.4, 0.5) is 0 Å². The fourth-order valence-electron chi connectivity index (χ4n) is 2.96. The molecule has 0 N–H and O–H groups in total. The van der Waals surface area contributed by atoms with Crippen LogP contribution in [-0.2, 0) is 35.9 Å². The maximum absolute atomic E-state index is 12.3. The Morgan fingerprint density at radius 3 is 2.57 bits per heavy atom. The molecule has 162 valence electrons. The van der Waals surface area contributed by atoms with Crippen LogP contribution in [0.1, 0.15) is 10.4 Å². The molecule has 1 aliphatic rings. The van der Waals surface area contributed by atoms with E-state index in [1.165, 1.54) is 12.0 Å². The van der Waals surface area contributed by atoms with Crippen LogP contribution in [0.2, 0.25) is 0 Å². The molecule has 1 saturated heterocycles. The summed E-state index contributed by atoms with van der Waals surface area (Å²) in [6, 6.07) is 4.90. The topological polar surface area (TPSA) is 124 Å². The highest BCUT2D eigenvalue weighted by Crippen LogP contribution is 2.19. The molecule has 0 spiro atoms. The third-order valence-electron chi connectivity index (χ3n) is 4.50. The van der Waals surface area contributed by atoms with Crippen molar-refractivity contribution in [2.75, 3.05) is 44.9 Å². The molecule has 0 atom stereocenters. The van der Waals surface area contributed by atoms with E-state index in [9.17, 15) is 22.8 Å². The molecule has 1 fully saturated rings. The van der Waals surface area contributed by atoms with Gasteiger partial charge < -0.3 is 18.9 Å². The van der Waals surface area contributed by atoms with Crippen LogP contribution in [0.15, 0.2) is 23.2 Å². The van der Waals surface area contributed by atoms with Crippen LogP contribution >= 0.6 is 11.3 Å². The molecular formula is C18H21N3O7S2. The Labute approximate surface area is 176 Å². The van der Waals surface area contributed by atoms with E-state index < -0.39 is 39.1 Å². The van der Waals surface area contributed by atoms with Crippen molar-refractivity contribution < 1.29 is 32.3 Å². The average molecular weight is 456 g/mol. The minimum atomic E-state index is -3.95. The van der Waals surface area contributed by atoms with Gasteiger partial charge in [0.15, 0.2) is 14.6 Å². The number of aromatic nitrogens is 1. The lowest BCUT2D eigenvalue weighted by Crippen LogP contribution is -2.43. The van der Waals surface area contributed by atoms with Gasteiger partial charge in [-0.1, -0.05) is 11.3 Å². The predicted octanol–water partition coefficient (Wildman–Crippen LogP) is -0.273. The molecule has 2 amide bonds. The molecule has 0 saturated carbocycles. The number of rotatable bonds is 5. The van der Waals surface area contributed by atoms with Crippen molar-refractivity contribution in [3.05, 3.63) is 28.6 Å². The number of ether oxygens (including phenoxy) is 2. The number of thiazole rings is 1. The number of hydrogen-bond donors (Lipinski definition) is 0. The number of methoxy groups -OCH3 is 1. The number of nitrogens with zero attached hydrogens (tertiary/aromatic N) is 3. The zero-order chi connectivity index (χ0) is 21.9. The van der Waals surface area contributed by atoms with Gasteiger partial charge in [-0.2, -0.15) is 4.99 Å². The maximum Gasteiger partial charge on any atom is 0.337 e. The van der Waals surface area contributed by atoms with Gasteiger partial charge in [0.1, 0.15) is 11.5 Å². The van der Waals surface area contributed by atoms with Crippen LogP contribution in [0.25, 0.3) is 10.2 Å². The van der Waals surface area contributed by atoms with Gasteiger partial charge in [0.25, 0.3) is 5.91 Å². The van der Waals surface area contributed by atoms with Gasteiger partial charge in [0, 0.05) is 20.1 Å². The van der Waals surface area contributed by atoms with Crippen molar-refractivity contribution in [1.82, 2.24) is 9.47 Å². The average Bonchev–Trinajstić information content (AvgIpc) is 3.01. The van der Waals surface area contributed by atoms with Crippen molar-refractivity contribution >= 4 is 49.2 Å². The zero-order valence-electron chi connectivity index (χ0n) is 16.5. The number of amides is 2. The number of carbonyl (C=O) groups excluding carboxylic acids is 3.